The van der Waals surface area contributed by atoms with E-state index in [1.54, 1.807) is 19.0 Å². The Morgan fingerprint density at radius 1 is 1.35 bits per heavy atom. The van der Waals surface area contributed by atoms with Gasteiger partial charge in [0.25, 0.3) is 0 Å². The lowest BCUT2D eigenvalue weighted by Gasteiger charge is -2.22. The van der Waals surface area contributed by atoms with Crippen LogP contribution in [0.25, 0.3) is 0 Å². The van der Waals surface area contributed by atoms with Gasteiger partial charge >= 0.3 is 0 Å². The van der Waals surface area contributed by atoms with Gasteiger partial charge in [-0.2, -0.15) is 0 Å². The van der Waals surface area contributed by atoms with Crippen molar-refractivity contribution in [3.8, 4) is 0 Å². The average molecular weight is 299 g/mol. The van der Waals surface area contributed by atoms with E-state index in [9.17, 15) is 4.79 Å². The Balaban J connectivity index is 2.78. The van der Waals surface area contributed by atoms with Crippen molar-refractivity contribution in [3.05, 3.63) is 22.8 Å². The number of nitrogens with one attached hydrogen (secondary N) is 1. The van der Waals surface area contributed by atoms with Crippen molar-refractivity contribution in [2.75, 3.05) is 39.0 Å². The third kappa shape index (κ3) is 4.98. The fourth-order valence-corrected chi connectivity index (χ4v) is 1.86. The summed E-state index contributed by atoms with van der Waals surface area (Å²) in [7, 11) is 3.51. The first-order valence-corrected chi connectivity index (χ1v) is 7.17. The van der Waals surface area contributed by atoms with E-state index >= 15 is 0 Å². The molecule has 0 fully saturated rings. The molecule has 0 aliphatic carbocycles. The number of aromatic nitrogens is 1. The highest BCUT2D eigenvalue weighted by Gasteiger charge is 2.14. The molecule has 0 unspecified atom stereocenters. The molecule has 1 heterocycles. The molecule has 112 valence electrons. The van der Waals surface area contributed by atoms with Gasteiger partial charge in [-0.1, -0.05) is 18.5 Å². The first-order chi connectivity index (χ1) is 9.47. The number of carbonyl (C=O) groups is 1. The fraction of sp³-hybridized carbons (Fsp3) is 0.571. The Morgan fingerprint density at radius 3 is 2.60 bits per heavy atom. The Bertz CT molecular complexity index is 451. The number of halogens is 1. The lowest BCUT2D eigenvalue weighted by Crippen LogP contribution is -2.36. The van der Waals surface area contributed by atoms with Crippen molar-refractivity contribution in [1.29, 1.82) is 0 Å². The first kappa shape index (κ1) is 16.7. The van der Waals surface area contributed by atoms with Gasteiger partial charge in [-0.25, -0.2) is 4.98 Å². The fourth-order valence-electron chi connectivity index (χ4n) is 1.70. The van der Waals surface area contributed by atoms with Gasteiger partial charge in [0.15, 0.2) is 0 Å². The maximum Gasteiger partial charge on any atom is 0.236 e. The maximum atomic E-state index is 11.8. The minimum Gasteiger partial charge on any atom is -0.370 e. The van der Waals surface area contributed by atoms with Gasteiger partial charge in [0, 0.05) is 27.2 Å². The highest BCUT2D eigenvalue weighted by molar-refractivity contribution is 6.31. The van der Waals surface area contributed by atoms with E-state index < -0.39 is 0 Å². The molecule has 0 aromatic carbocycles. The molecule has 5 nitrogen and oxygen atoms in total. The second kappa shape index (κ2) is 8.07. The van der Waals surface area contributed by atoms with E-state index in [-0.39, 0.29) is 5.91 Å². The minimum absolute atomic E-state index is 0.0748. The second-order valence-electron chi connectivity index (χ2n) is 4.75. The molecular formula is C14H23ClN4O. The number of carbonyl (C=O) groups excluding carboxylic acids is 1. The zero-order valence-electron chi connectivity index (χ0n) is 12.6. The Kier molecular flexibility index (Phi) is 6.75. The molecule has 0 radical (unpaired) electrons. The van der Waals surface area contributed by atoms with Crippen LogP contribution in [0.5, 0.6) is 0 Å². The first-order valence-electron chi connectivity index (χ1n) is 6.79. The number of likely N-dealkylation sites (N-methyl/N-ethyl adjacent to an activating group) is 2. The van der Waals surface area contributed by atoms with Crippen LogP contribution in [0, 0.1) is 0 Å². The smallest absolute Gasteiger partial charge is 0.236 e. The zero-order valence-corrected chi connectivity index (χ0v) is 13.4. The number of pyridine rings is 1. The monoisotopic (exact) mass is 298 g/mol. The molecular weight excluding hydrogens is 276 g/mol. The second-order valence-corrected chi connectivity index (χ2v) is 5.15. The number of hydrogen-bond donors (Lipinski definition) is 1. The van der Waals surface area contributed by atoms with Crippen molar-refractivity contribution in [1.82, 2.24) is 14.8 Å². The minimum atomic E-state index is 0.0748. The number of hydrogen-bond acceptors (Lipinski definition) is 4. The molecule has 1 aromatic rings. The van der Waals surface area contributed by atoms with Crippen LogP contribution in [0.4, 0.5) is 5.82 Å². The van der Waals surface area contributed by atoms with Crippen LogP contribution in [0.3, 0.4) is 0 Å². The van der Waals surface area contributed by atoms with Gasteiger partial charge in [-0.05, 0) is 25.6 Å². The van der Waals surface area contributed by atoms with E-state index in [2.05, 4.69) is 10.3 Å². The number of nitrogens with zero attached hydrogens (tertiary/aromatic N) is 3. The molecule has 0 saturated carbocycles. The normalized spacial score (nSPS) is 10.7. The number of amides is 1. The van der Waals surface area contributed by atoms with Crippen molar-refractivity contribution in [3.63, 3.8) is 0 Å². The van der Waals surface area contributed by atoms with Crippen LogP contribution < -0.4 is 5.32 Å². The van der Waals surface area contributed by atoms with Crippen LogP contribution in [-0.2, 0) is 11.3 Å². The van der Waals surface area contributed by atoms with Crippen LogP contribution in [0.1, 0.15) is 19.5 Å². The molecule has 6 heteroatoms. The van der Waals surface area contributed by atoms with Gasteiger partial charge in [-0.15, -0.1) is 0 Å². The van der Waals surface area contributed by atoms with Crippen molar-refractivity contribution >= 4 is 23.3 Å². The zero-order chi connectivity index (χ0) is 15.1. The van der Waals surface area contributed by atoms with Gasteiger partial charge in [-0.3, -0.25) is 9.69 Å². The molecule has 20 heavy (non-hydrogen) atoms. The van der Waals surface area contributed by atoms with Crippen LogP contribution in [-0.4, -0.2) is 54.4 Å². The molecule has 0 aliphatic rings. The van der Waals surface area contributed by atoms with E-state index in [0.29, 0.717) is 18.1 Å². The summed E-state index contributed by atoms with van der Waals surface area (Å²) >= 11 is 6.18. The molecule has 1 amide bonds. The molecule has 0 saturated heterocycles. The standard InChI is InChI=1S/C14H23ClN4O/c1-5-16-13-8-7-11(15)12(17-13)9-19(6-2)10-14(20)18(3)4/h7-8H,5-6,9-10H2,1-4H3,(H,16,17). The van der Waals surface area contributed by atoms with Crippen LogP contribution >= 0.6 is 11.6 Å². The van der Waals surface area contributed by atoms with Crippen LogP contribution in [0.2, 0.25) is 5.02 Å². The van der Waals surface area contributed by atoms with Crippen LogP contribution in [0.15, 0.2) is 12.1 Å². The molecule has 0 atom stereocenters. The highest BCUT2D eigenvalue weighted by Crippen LogP contribution is 2.18. The van der Waals surface area contributed by atoms with E-state index in [1.807, 2.05) is 30.9 Å². The number of anilines is 1. The van der Waals surface area contributed by atoms with Crippen molar-refractivity contribution < 1.29 is 4.79 Å². The summed E-state index contributed by atoms with van der Waals surface area (Å²) in [4.78, 5) is 19.9. The summed E-state index contributed by atoms with van der Waals surface area (Å²) in [5.74, 6) is 0.882. The Morgan fingerprint density at radius 2 is 2.05 bits per heavy atom. The van der Waals surface area contributed by atoms with E-state index in [1.165, 1.54) is 0 Å². The molecule has 1 aromatic heterocycles. The summed E-state index contributed by atoms with van der Waals surface area (Å²) in [6.07, 6.45) is 0. The number of rotatable bonds is 7. The van der Waals surface area contributed by atoms with E-state index in [0.717, 1.165) is 24.6 Å². The predicted molar refractivity (Wildman–Crippen MR) is 83.1 cm³/mol. The van der Waals surface area contributed by atoms with Gasteiger partial charge < -0.3 is 10.2 Å². The molecule has 1 rings (SSSR count). The molecule has 0 bridgehead atoms. The average Bonchev–Trinajstić information content (AvgIpc) is 2.41. The lowest BCUT2D eigenvalue weighted by molar-refractivity contribution is -0.130. The Labute approximate surface area is 125 Å². The largest absolute Gasteiger partial charge is 0.370 e. The van der Waals surface area contributed by atoms with Gasteiger partial charge in [0.1, 0.15) is 5.82 Å². The highest BCUT2D eigenvalue weighted by atomic mass is 35.5. The van der Waals surface area contributed by atoms with Crippen molar-refractivity contribution in [2.24, 2.45) is 0 Å². The summed E-state index contributed by atoms with van der Waals surface area (Å²) in [5, 5.41) is 3.79. The maximum absolute atomic E-state index is 11.8. The summed E-state index contributed by atoms with van der Waals surface area (Å²) in [6, 6.07) is 3.69. The quantitative estimate of drug-likeness (QED) is 0.837. The van der Waals surface area contributed by atoms with E-state index in [4.69, 9.17) is 11.6 Å². The van der Waals surface area contributed by atoms with Gasteiger partial charge in [0.05, 0.1) is 17.3 Å². The summed E-state index contributed by atoms with van der Waals surface area (Å²) < 4.78 is 0. The Hall–Kier alpha value is -1.33. The predicted octanol–water partition coefficient (Wildman–Crippen LogP) is 2.08. The molecule has 1 N–H and O–H groups in total. The summed E-state index contributed by atoms with van der Waals surface area (Å²) in [5.41, 5.74) is 0.790. The topological polar surface area (TPSA) is 48.5 Å². The van der Waals surface area contributed by atoms with Gasteiger partial charge in [0.2, 0.25) is 5.91 Å². The van der Waals surface area contributed by atoms with Crippen molar-refractivity contribution in [2.45, 2.75) is 20.4 Å². The SMILES string of the molecule is CCNc1ccc(Cl)c(CN(CC)CC(=O)N(C)C)n1. The third-order valence-corrected chi connectivity index (χ3v) is 3.30. The molecule has 0 spiro atoms. The summed E-state index contributed by atoms with van der Waals surface area (Å²) in [6.45, 7) is 6.55. The lowest BCUT2D eigenvalue weighted by atomic mass is 10.3. The third-order valence-electron chi connectivity index (χ3n) is 2.95. The molecule has 0 aliphatic heterocycles.